The van der Waals surface area contributed by atoms with E-state index in [1.165, 1.54) is 36.3 Å². The van der Waals surface area contributed by atoms with Crippen molar-refractivity contribution < 1.29 is 24.0 Å². The van der Waals surface area contributed by atoms with Crippen LogP contribution in [0.15, 0.2) is 36.4 Å². The summed E-state index contributed by atoms with van der Waals surface area (Å²) >= 11 is 0. The third-order valence-electron chi connectivity index (χ3n) is 5.04. The van der Waals surface area contributed by atoms with Crippen LogP contribution in [0.2, 0.25) is 0 Å². The number of methoxy groups -OCH3 is 1. The van der Waals surface area contributed by atoms with Crippen LogP contribution < -0.4 is 20.3 Å². The maximum atomic E-state index is 12.8. The average Bonchev–Trinajstić information content (AvgIpc) is 2.72. The van der Waals surface area contributed by atoms with Crippen LogP contribution in [0.25, 0.3) is 0 Å². The molecule has 10 heteroatoms. The molecule has 2 N–H and O–H groups in total. The minimum Gasteiger partial charge on any atom is -0.494 e. The van der Waals surface area contributed by atoms with E-state index < -0.39 is 22.3 Å². The second-order valence-electron chi connectivity index (χ2n) is 8.34. The molecule has 0 radical (unpaired) electrons. The van der Waals surface area contributed by atoms with E-state index in [0.29, 0.717) is 17.1 Å². The van der Waals surface area contributed by atoms with Crippen LogP contribution in [0, 0.1) is 10.1 Å². The Labute approximate surface area is 184 Å². The normalized spacial score (nSPS) is 14.1. The fourth-order valence-electron chi connectivity index (χ4n) is 3.38. The highest BCUT2D eigenvalue weighted by Gasteiger charge is 2.29. The standard InChI is InChI=1S/C22H24N4O6/c1-22(2,3)16-11-15(25-10-9-18(27)24-21(25)29)12-17(19(16)32-4)23-20(28)13-5-7-14(8-6-13)26(30)31/h5-8,11-12H,9-10H2,1-4H3,(H,23,28)(H,24,27,29). The summed E-state index contributed by atoms with van der Waals surface area (Å²) in [5.74, 6) is -0.402. The number of urea groups is 1. The van der Waals surface area contributed by atoms with Gasteiger partial charge in [-0.15, -0.1) is 0 Å². The van der Waals surface area contributed by atoms with Gasteiger partial charge in [0.1, 0.15) is 5.75 Å². The van der Waals surface area contributed by atoms with E-state index >= 15 is 0 Å². The second-order valence-corrected chi connectivity index (χ2v) is 8.34. The topological polar surface area (TPSA) is 131 Å². The first-order valence-corrected chi connectivity index (χ1v) is 9.91. The van der Waals surface area contributed by atoms with Crippen LogP contribution in [0.3, 0.4) is 0 Å². The molecular formula is C22H24N4O6. The van der Waals surface area contributed by atoms with E-state index in [9.17, 15) is 24.5 Å². The number of nitro groups is 1. The highest BCUT2D eigenvalue weighted by molar-refractivity contribution is 6.08. The Morgan fingerprint density at radius 1 is 1.19 bits per heavy atom. The van der Waals surface area contributed by atoms with Crippen LogP contribution in [-0.2, 0) is 10.2 Å². The van der Waals surface area contributed by atoms with Gasteiger partial charge in [0.2, 0.25) is 5.91 Å². The van der Waals surface area contributed by atoms with E-state index in [4.69, 9.17) is 4.74 Å². The lowest BCUT2D eigenvalue weighted by Gasteiger charge is -2.30. The van der Waals surface area contributed by atoms with Crippen molar-refractivity contribution >= 4 is 34.9 Å². The summed E-state index contributed by atoms with van der Waals surface area (Å²) in [6.07, 6.45) is 0.160. The van der Waals surface area contributed by atoms with Crippen LogP contribution in [-0.4, -0.2) is 36.4 Å². The molecule has 2 aromatic rings. The van der Waals surface area contributed by atoms with Gasteiger partial charge in [-0.25, -0.2) is 4.79 Å². The third-order valence-corrected chi connectivity index (χ3v) is 5.04. The van der Waals surface area contributed by atoms with Gasteiger partial charge in [-0.1, -0.05) is 20.8 Å². The molecule has 1 aliphatic rings. The number of carbonyl (C=O) groups excluding carboxylic acids is 3. The van der Waals surface area contributed by atoms with Crippen molar-refractivity contribution in [2.75, 3.05) is 23.9 Å². The molecule has 10 nitrogen and oxygen atoms in total. The summed E-state index contributed by atoms with van der Waals surface area (Å²) in [6.45, 7) is 6.11. The number of ether oxygens (including phenoxy) is 1. The fraction of sp³-hybridized carbons (Fsp3) is 0.318. The van der Waals surface area contributed by atoms with Crippen LogP contribution >= 0.6 is 0 Å². The molecule has 0 aliphatic carbocycles. The van der Waals surface area contributed by atoms with E-state index in [2.05, 4.69) is 10.6 Å². The van der Waals surface area contributed by atoms with Gasteiger partial charge in [0.05, 0.1) is 17.7 Å². The number of amides is 4. The molecule has 1 aliphatic heterocycles. The number of non-ortho nitro benzene ring substituents is 1. The molecular weight excluding hydrogens is 416 g/mol. The van der Waals surface area contributed by atoms with E-state index in [0.717, 1.165) is 5.56 Å². The number of hydrogen-bond acceptors (Lipinski definition) is 6. The van der Waals surface area contributed by atoms with Crippen LogP contribution in [0.1, 0.15) is 43.1 Å². The van der Waals surface area contributed by atoms with Gasteiger partial charge in [0, 0.05) is 41.9 Å². The maximum Gasteiger partial charge on any atom is 0.328 e. The summed E-state index contributed by atoms with van der Waals surface area (Å²) in [6, 6.07) is 8.08. The molecule has 1 saturated heterocycles. The smallest absolute Gasteiger partial charge is 0.328 e. The van der Waals surface area contributed by atoms with Gasteiger partial charge in [0.15, 0.2) is 0 Å². The first-order valence-electron chi connectivity index (χ1n) is 9.91. The van der Waals surface area contributed by atoms with Gasteiger partial charge < -0.3 is 10.1 Å². The van der Waals surface area contributed by atoms with Gasteiger partial charge in [-0.3, -0.25) is 29.9 Å². The van der Waals surface area contributed by atoms with Crippen molar-refractivity contribution in [2.24, 2.45) is 0 Å². The molecule has 0 atom stereocenters. The predicted molar refractivity (Wildman–Crippen MR) is 118 cm³/mol. The monoisotopic (exact) mass is 440 g/mol. The Kier molecular flexibility index (Phi) is 6.15. The van der Waals surface area contributed by atoms with Crippen molar-refractivity contribution in [1.29, 1.82) is 0 Å². The SMILES string of the molecule is COc1c(NC(=O)c2ccc([N+](=O)[O-])cc2)cc(N2CCC(=O)NC2=O)cc1C(C)(C)C. The van der Waals surface area contributed by atoms with Gasteiger partial charge >= 0.3 is 6.03 Å². The predicted octanol–water partition coefficient (Wildman–Crippen LogP) is 3.60. The largest absolute Gasteiger partial charge is 0.494 e. The van der Waals surface area contributed by atoms with Crippen molar-refractivity contribution in [1.82, 2.24) is 5.32 Å². The zero-order valence-electron chi connectivity index (χ0n) is 18.2. The van der Waals surface area contributed by atoms with Gasteiger partial charge in [-0.05, 0) is 29.7 Å². The number of anilines is 2. The Morgan fingerprint density at radius 3 is 2.38 bits per heavy atom. The number of hydrogen-bond donors (Lipinski definition) is 2. The number of carbonyl (C=O) groups is 3. The highest BCUT2D eigenvalue weighted by atomic mass is 16.6. The second kappa shape index (κ2) is 8.66. The summed E-state index contributed by atoms with van der Waals surface area (Å²) in [4.78, 5) is 48.5. The van der Waals surface area contributed by atoms with E-state index in [1.54, 1.807) is 12.1 Å². The van der Waals surface area contributed by atoms with Crippen molar-refractivity contribution in [3.63, 3.8) is 0 Å². The molecule has 168 valence electrons. The lowest BCUT2D eigenvalue weighted by atomic mass is 9.85. The summed E-state index contributed by atoms with van der Waals surface area (Å²) in [5.41, 5.74) is 1.29. The molecule has 0 bridgehead atoms. The summed E-state index contributed by atoms with van der Waals surface area (Å²) in [5, 5.41) is 15.9. The van der Waals surface area contributed by atoms with Crippen molar-refractivity contribution in [3.8, 4) is 5.75 Å². The first-order chi connectivity index (χ1) is 15.0. The van der Waals surface area contributed by atoms with Gasteiger partial charge in [0.25, 0.3) is 11.6 Å². The lowest BCUT2D eigenvalue weighted by molar-refractivity contribution is -0.384. The number of rotatable bonds is 5. The molecule has 0 spiro atoms. The van der Waals surface area contributed by atoms with Crippen molar-refractivity contribution in [2.45, 2.75) is 32.6 Å². The van der Waals surface area contributed by atoms with E-state index in [1.807, 2.05) is 20.8 Å². The van der Waals surface area contributed by atoms with E-state index in [-0.39, 0.29) is 30.1 Å². The Balaban J connectivity index is 2.03. The minimum atomic E-state index is -0.543. The molecule has 1 fully saturated rings. The summed E-state index contributed by atoms with van der Waals surface area (Å²) in [7, 11) is 1.48. The van der Waals surface area contributed by atoms with Gasteiger partial charge in [-0.2, -0.15) is 0 Å². The third kappa shape index (κ3) is 4.69. The molecule has 4 amide bonds. The number of imide groups is 1. The van der Waals surface area contributed by atoms with Crippen LogP contribution in [0.4, 0.5) is 21.9 Å². The number of nitrogens with one attached hydrogen (secondary N) is 2. The van der Waals surface area contributed by atoms with Crippen molar-refractivity contribution in [3.05, 3.63) is 57.6 Å². The molecule has 2 aromatic carbocycles. The maximum absolute atomic E-state index is 12.8. The number of nitro benzene ring substituents is 1. The number of nitrogens with zero attached hydrogens (tertiary/aromatic N) is 2. The van der Waals surface area contributed by atoms with Crippen LogP contribution in [0.5, 0.6) is 5.75 Å². The highest BCUT2D eigenvalue weighted by Crippen LogP contribution is 2.41. The summed E-state index contributed by atoms with van der Waals surface area (Å²) < 4.78 is 5.60. The molecule has 1 heterocycles. The molecule has 0 aromatic heterocycles. The zero-order valence-corrected chi connectivity index (χ0v) is 18.2. The first kappa shape index (κ1) is 22.7. The quantitative estimate of drug-likeness (QED) is 0.539. The Morgan fingerprint density at radius 2 is 1.84 bits per heavy atom. The fourth-order valence-corrected chi connectivity index (χ4v) is 3.38. The Bertz CT molecular complexity index is 1090. The number of benzene rings is 2. The molecule has 3 rings (SSSR count). The molecule has 0 unspecified atom stereocenters. The minimum absolute atomic E-state index is 0.123. The zero-order chi connectivity index (χ0) is 23.6. The average molecular weight is 440 g/mol. The Hall–Kier alpha value is -3.95. The molecule has 0 saturated carbocycles. The molecule has 32 heavy (non-hydrogen) atoms. The lowest BCUT2D eigenvalue weighted by Crippen LogP contribution is -2.49.